The maximum Gasteiger partial charge on any atom is 0.0402 e. The van der Waals surface area contributed by atoms with Crippen molar-refractivity contribution in [2.24, 2.45) is 23.7 Å². The molecule has 3 fully saturated rings. The minimum Gasteiger partial charge on any atom is -0.383 e. The zero-order valence-electron chi connectivity index (χ0n) is 27.2. The summed E-state index contributed by atoms with van der Waals surface area (Å²) in [5, 5.41) is 4.00. The molecule has 3 rings (SSSR count). The molecule has 4 unspecified atom stereocenters. The molecule has 3 aliphatic rings. The SMILES string of the molecule is C=C(C)/C=C(\C=C(C)C)CCCC1CCCC(CC2(CCC3CCCCC3)NC(=C)CC2C)C1.CC.CC. The van der Waals surface area contributed by atoms with Crippen LogP contribution in [0.2, 0.25) is 0 Å². The molecule has 0 aromatic carbocycles. The van der Waals surface area contributed by atoms with Gasteiger partial charge in [0, 0.05) is 11.2 Å². The summed E-state index contributed by atoms with van der Waals surface area (Å²) in [5.41, 5.74) is 5.65. The van der Waals surface area contributed by atoms with Crippen molar-refractivity contribution < 1.29 is 0 Å². The predicted molar refractivity (Wildman–Crippen MR) is 174 cm³/mol. The summed E-state index contributed by atoms with van der Waals surface area (Å²) in [6.07, 6.45) is 27.1. The lowest BCUT2D eigenvalue weighted by Gasteiger charge is -2.41. The van der Waals surface area contributed by atoms with E-state index in [0.29, 0.717) is 5.54 Å². The first-order valence-electron chi connectivity index (χ1n) is 16.7. The molecule has 0 bridgehead atoms. The van der Waals surface area contributed by atoms with Crippen molar-refractivity contribution in [2.45, 2.75) is 164 Å². The van der Waals surface area contributed by atoms with E-state index in [4.69, 9.17) is 0 Å². The maximum atomic E-state index is 4.37. The number of rotatable bonds is 11. The van der Waals surface area contributed by atoms with E-state index in [-0.39, 0.29) is 0 Å². The summed E-state index contributed by atoms with van der Waals surface area (Å²) >= 11 is 0. The average Bonchev–Trinajstić information content (AvgIpc) is 3.17. The van der Waals surface area contributed by atoms with Crippen molar-refractivity contribution in [3.05, 3.63) is 47.7 Å². The highest BCUT2D eigenvalue weighted by Crippen LogP contribution is 2.45. The lowest BCUT2D eigenvalue weighted by atomic mass is 9.69. The Morgan fingerprint density at radius 3 is 2.08 bits per heavy atom. The first-order chi connectivity index (χ1) is 18.3. The molecule has 1 saturated heterocycles. The Labute approximate surface area is 240 Å². The third-order valence-corrected chi connectivity index (χ3v) is 9.17. The largest absolute Gasteiger partial charge is 0.383 e. The quantitative estimate of drug-likeness (QED) is 0.264. The van der Waals surface area contributed by atoms with Gasteiger partial charge in [-0.15, -0.1) is 0 Å². The van der Waals surface area contributed by atoms with Gasteiger partial charge in [0.25, 0.3) is 0 Å². The zero-order valence-corrected chi connectivity index (χ0v) is 27.2. The van der Waals surface area contributed by atoms with Crippen molar-refractivity contribution in [1.29, 1.82) is 0 Å². The van der Waals surface area contributed by atoms with Crippen LogP contribution < -0.4 is 5.32 Å². The molecule has 220 valence electrons. The summed E-state index contributed by atoms with van der Waals surface area (Å²) in [4.78, 5) is 0. The minimum atomic E-state index is 0.321. The van der Waals surface area contributed by atoms with Gasteiger partial charge in [0.05, 0.1) is 0 Å². The smallest absolute Gasteiger partial charge is 0.0402 e. The van der Waals surface area contributed by atoms with Crippen molar-refractivity contribution in [3.8, 4) is 0 Å². The number of hydrogen-bond acceptors (Lipinski definition) is 1. The Morgan fingerprint density at radius 1 is 0.868 bits per heavy atom. The van der Waals surface area contributed by atoms with E-state index < -0.39 is 0 Å². The van der Waals surface area contributed by atoms with Gasteiger partial charge < -0.3 is 5.32 Å². The monoisotopic (exact) mass is 526 g/mol. The molecular weight excluding hydrogens is 458 g/mol. The fourth-order valence-corrected chi connectivity index (χ4v) is 7.53. The van der Waals surface area contributed by atoms with E-state index in [2.05, 4.69) is 58.3 Å². The van der Waals surface area contributed by atoms with Gasteiger partial charge >= 0.3 is 0 Å². The van der Waals surface area contributed by atoms with E-state index in [9.17, 15) is 0 Å². The van der Waals surface area contributed by atoms with Crippen LogP contribution in [0.4, 0.5) is 0 Å². The Kier molecular flexibility index (Phi) is 17.3. The van der Waals surface area contributed by atoms with Gasteiger partial charge in [-0.2, -0.15) is 0 Å². The second-order valence-corrected chi connectivity index (χ2v) is 12.8. The van der Waals surface area contributed by atoms with Crippen LogP contribution in [0.15, 0.2) is 47.7 Å². The van der Waals surface area contributed by atoms with E-state index in [1.807, 2.05) is 27.7 Å². The molecule has 38 heavy (non-hydrogen) atoms. The Bertz CT molecular complexity index is 730. The van der Waals surface area contributed by atoms with Gasteiger partial charge in [0.2, 0.25) is 0 Å². The lowest BCUT2D eigenvalue weighted by molar-refractivity contribution is 0.148. The fourth-order valence-electron chi connectivity index (χ4n) is 7.53. The third-order valence-electron chi connectivity index (χ3n) is 9.17. The van der Waals surface area contributed by atoms with Gasteiger partial charge in [-0.1, -0.05) is 129 Å². The Morgan fingerprint density at radius 2 is 1.50 bits per heavy atom. The molecule has 0 spiro atoms. The van der Waals surface area contributed by atoms with Crippen molar-refractivity contribution in [2.75, 3.05) is 0 Å². The number of allylic oxidation sites excluding steroid dienone is 6. The highest BCUT2D eigenvalue weighted by atomic mass is 15.0. The first kappa shape index (κ1) is 34.8. The van der Waals surface area contributed by atoms with Crippen LogP contribution in [0.3, 0.4) is 0 Å². The van der Waals surface area contributed by atoms with Crippen LogP contribution in [-0.4, -0.2) is 5.54 Å². The predicted octanol–water partition coefficient (Wildman–Crippen LogP) is 12.1. The number of nitrogens with one attached hydrogen (secondary N) is 1. The Hall–Kier alpha value is -1.24. The minimum absolute atomic E-state index is 0.321. The van der Waals surface area contributed by atoms with Crippen LogP contribution in [0.25, 0.3) is 0 Å². The summed E-state index contributed by atoms with van der Waals surface area (Å²) in [6.45, 7) is 25.5. The summed E-state index contributed by atoms with van der Waals surface area (Å²) in [6, 6.07) is 0. The van der Waals surface area contributed by atoms with E-state index >= 15 is 0 Å². The van der Waals surface area contributed by atoms with Gasteiger partial charge in [0.1, 0.15) is 0 Å². The molecule has 1 heterocycles. The molecule has 1 nitrogen and oxygen atoms in total. The van der Waals surface area contributed by atoms with Gasteiger partial charge in [-0.3, -0.25) is 0 Å². The standard InChI is InChI=1S/C33H55N.2C2H6/c1-25(2)20-31(21-26(3)4)16-10-14-30-15-11-17-32(23-30)24-33(27(5)22-28(6)34-33)19-18-29-12-8-7-9-13-29;2*1-2/h20-21,27,29-30,32,34H,1,6-19,22-24H2,2-5H3;2*1-2H3/b31-20-;;. The topological polar surface area (TPSA) is 12.0 Å². The van der Waals surface area contributed by atoms with Crippen LogP contribution >= 0.6 is 0 Å². The first-order valence-corrected chi connectivity index (χ1v) is 16.7. The molecule has 0 aromatic heterocycles. The molecule has 1 N–H and O–H groups in total. The van der Waals surface area contributed by atoms with Crippen molar-refractivity contribution in [1.82, 2.24) is 5.32 Å². The second kappa shape index (κ2) is 18.9. The zero-order chi connectivity index (χ0) is 28.6. The highest BCUT2D eigenvalue weighted by molar-refractivity contribution is 5.29. The fraction of sp³-hybridized carbons (Fsp3) is 0.784. The average molecular weight is 526 g/mol. The van der Waals surface area contributed by atoms with Crippen LogP contribution in [0.1, 0.15) is 158 Å². The molecule has 2 saturated carbocycles. The Balaban J connectivity index is 0.00000172. The van der Waals surface area contributed by atoms with Crippen molar-refractivity contribution >= 4 is 0 Å². The highest BCUT2D eigenvalue weighted by Gasteiger charge is 2.43. The van der Waals surface area contributed by atoms with Crippen LogP contribution in [-0.2, 0) is 0 Å². The maximum absolute atomic E-state index is 4.37. The van der Waals surface area contributed by atoms with Gasteiger partial charge in [0.15, 0.2) is 0 Å². The second-order valence-electron chi connectivity index (χ2n) is 12.8. The molecule has 1 heteroatoms. The van der Waals surface area contributed by atoms with Gasteiger partial charge in [-0.25, -0.2) is 0 Å². The summed E-state index contributed by atoms with van der Waals surface area (Å²) in [7, 11) is 0. The number of hydrogen-bond donors (Lipinski definition) is 1. The molecule has 2 aliphatic carbocycles. The molecular formula is C37H67N. The summed E-state index contributed by atoms with van der Waals surface area (Å²) < 4.78 is 0. The van der Waals surface area contributed by atoms with Crippen LogP contribution in [0.5, 0.6) is 0 Å². The van der Waals surface area contributed by atoms with Crippen molar-refractivity contribution in [3.63, 3.8) is 0 Å². The van der Waals surface area contributed by atoms with E-state index in [0.717, 1.165) is 23.7 Å². The van der Waals surface area contributed by atoms with E-state index in [1.165, 1.54) is 125 Å². The third kappa shape index (κ3) is 12.3. The molecule has 0 amide bonds. The molecule has 1 aliphatic heterocycles. The lowest BCUT2D eigenvalue weighted by Crippen LogP contribution is -2.46. The van der Waals surface area contributed by atoms with E-state index in [1.54, 1.807) is 0 Å². The van der Waals surface area contributed by atoms with Crippen LogP contribution in [0, 0.1) is 23.7 Å². The normalized spacial score (nSPS) is 27.8. The molecule has 4 atom stereocenters. The molecule has 0 radical (unpaired) electrons. The van der Waals surface area contributed by atoms with Gasteiger partial charge in [-0.05, 0) is 95.0 Å². The summed E-state index contributed by atoms with van der Waals surface area (Å²) in [5.74, 6) is 3.54. The molecule has 0 aromatic rings.